The highest BCUT2D eigenvalue weighted by molar-refractivity contribution is 5.86. The molecule has 1 aromatic carbocycles. The van der Waals surface area contributed by atoms with Gasteiger partial charge in [0.25, 0.3) is 0 Å². The topological polar surface area (TPSA) is 66.8 Å². The fourth-order valence-corrected chi connectivity index (χ4v) is 2.09. The zero-order valence-electron chi connectivity index (χ0n) is 10.1. The minimum atomic E-state index is -1.04. The molecular weight excluding hydrogens is 234 g/mol. The summed E-state index contributed by atoms with van der Waals surface area (Å²) in [6.45, 7) is 1.91. The average Bonchev–Trinajstić information content (AvgIpc) is 2.35. The summed E-state index contributed by atoms with van der Waals surface area (Å²) in [7, 11) is 0. The Balaban J connectivity index is 2.21. The van der Waals surface area contributed by atoms with Crippen LogP contribution in [0.15, 0.2) is 30.3 Å². The molecule has 2 atom stereocenters. The van der Waals surface area contributed by atoms with E-state index in [2.05, 4.69) is 0 Å². The van der Waals surface area contributed by atoms with Gasteiger partial charge in [-0.25, -0.2) is 4.79 Å². The molecule has 1 aliphatic rings. The van der Waals surface area contributed by atoms with Crippen LogP contribution in [0, 0.1) is 0 Å². The summed E-state index contributed by atoms with van der Waals surface area (Å²) < 4.78 is 5.16. The van der Waals surface area contributed by atoms with Crippen molar-refractivity contribution in [1.82, 2.24) is 4.90 Å². The number of carbonyl (C=O) groups is 2. The summed E-state index contributed by atoms with van der Waals surface area (Å²) >= 11 is 0. The Morgan fingerprint density at radius 2 is 2.11 bits per heavy atom. The van der Waals surface area contributed by atoms with Crippen LogP contribution in [0.3, 0.4) is 0 Å². The fourth-order valence-electron chi connectivity index (χ4n) is 2.09. The van der Waals surface area contributed by atoms with Gasteiger partial charge in [0.2, 0.25) is 5.91 Å². The molecule has 1 N–H and O–H groups in total. The van der Waals surface area contributed by atoms with Gasteiger partial charge in [-0.1, -0.05) is 30.3 Å². The van der Waals surface area contributed by atoms with Gasteiger partial charge in [0.1, 0.15) is 6.61 Å². The third kappa shape index (κ3) is 2.51. The predicted octanol–water partition coefficient (Wildman–Crippen LogP) is 0.887. The van der Waals surface area contributed by atoms with Gasteiger partial charge in [0, 0.05) is 6.54 Å². The van der Waals surface area contributed by atoms with E-state index in [9.17, 15) is 14.7 Å². The van der Waals surface area contributed by atoms with Gasteiger partial charge in [0.05, 0.1) is 6.10 Å². The van der Waals surface area contributed by atoms with Gasteiger partial charge in [-0.05, 0) is 12.5 Å². The molecule has 0 aromatic heterocycles. The van der Waals surface area contributed by atoms with Crippen molar-refractivity contribution in [2.24, 2.45) is 0 Å². The van der Waals surface area contributed by atoms with Crippen LogP contribution in [0.5, 0.6) is 0 Å². The van der Waals surface area contributed by atoms with Crippen LogP contribution in [0.4, 0.5) is 0 Å². The maximum absolute atomic E-state index is 11.8. The van der Waals surface area contributed by atoms with Crippen molar-refractivity contribution in [1.29, 1.82) is 0 Å². The van der Waals surface area contributed by atoms with Crippen molar-refractivity contribution in [3.63, 3.8) is 0 Å². The van der Waals surface area contributed by atoms with Crippen LogP contribution in [0.25, 0.3) is 0 Å². The maximum Gasteiger partial charge on any atom is 0.329 e. The van der Waals surface area contributed by atoms with E-state index in [1.807, 2.05) is 30.3 Å². The number of ether oxygens (including phenoxy) is 1. The highest BCUT2D eigenvalue weighted by Gasteiger charge is 2.39. The van der Waals surface area contributed by atoms with Crippen molar-refractivity contribution in [2.45, 2.75) is 25.6 Å². The smallest absolute Gasteiger partial charge is 0.329 e. The molecule has 0 unspecified atom stereocenters. The van der Waals surface area contributed by atoms with Crippen molar-refractivity contribution < 1.29 is 19.4 Å². The van der Waals surface area contributed by atoms with E-state index in [-0.39, 0.29) is 12.5 Å². The van der Waals surface area contributed by atoms with Gasteiger partial charge < -0.3 is 14.7 Å². The summed E-state index contributed by atoms with van der Waals surface area (Å²) in [6.07, 6.45) is -0.496. The van der Waals surface area contributed by atoms with E-state index < -0.39 is 18.1 Å². The number of carboxylic acid groups (broad SMARTS) is 1. The molecule has 5 nitrogen and oxygen atoms in total. The first-order chi connectivity index (χ1) is 8.59. The van der Waals surface area contributed by atoms with E-state index in [1.165, 1.54) is 4.90 Å². The number of rotatable bonds is 3. The lowest BCUT2D eigenvalue weighted by molar-refractivity contribution is -0.170. The third-order valence-corrected chi connectivity index (χ3v) is 3.02. The van der Waals surface area contributed by atoms with Crippen LogP contribution < -0.4 is 0 Å². The molecule has 0 spiro atoms. The Bertz CT molecular complexity index is 446. The molecule has 0 aliphatic carbocycles. The van der Waals surface area contributed by atoms with E-state index in [4.69, 9.17) is 4.74 Å². The highest BCUT2D eigenvalue weighted by Crippen LogP contribution is 2.18. The molecule has 0 saturated carbocycles. The number of hydrogen-bond donors (Lipinski definition) is 1. The molecule has 0 bridgehead atoms. The Morgan fingerprint density at radius 3 is 2.72 bits per heavy atom. The van der Waals surface area contributed by atoms with Crippen LogP contribution in [0.1, 0.15) is 12.5 Å². The minimum Gasteiger partial charge on any atom is -0.480 e. The zero-order chi connectivity index (χ0) is 13.1. The van der Waals surface area contributed by atoms with Gasteiger partial charge in [-0.15, -0.1) is 0 Å². The Hall–Kier alpha value is -1.88. The van der Waals surface area contributed by atoms with Gasteiger partial charge in [-0.2, -0.15) is 0 Å². The number of nitrogens with zero attached hydrogens (tertiary/aromatic N) is 1. The van der Waals surface area contributed by atoms with E-state index in [1.54, 1.807) is 6.92 Å². The van der Waals surface area contributed by atoms with Gasteiger partial charge >= 0.3 is 5.97 Å². The quantitative estimate of drug-likeness (QED) is 0.863. The summed E-state index contributed by atoms with van der Waals surface area (Å²) in [5.74, 6) is -1.32. The van der Waals surface area contributed by atoms with E-state index >= 15 is 0 Å². The first kappa shape index (κ1) is 12.6. The number of aliphatic carboxylic acids is 1. The van der Waals surface area contributed by atoms with Gasteiger partial charge in [-0.3, -0.25) is 4.79 Å². The molecule has 96 valence electrons. The second-order valence-corrected chi connectivity index (χ2v) is 4.31. The summed E-state index contributed by atoms with van der Waals surface area (Å²) in [5.41, 5.74) is 0.909. The van der Waals surface area contributed by atoms with Crippen LogP contribution in [-0.4, -0.2) is 40.6 Å². The molecular formula is C13H15NO4. The van der Waals surface area contributed by atoms with Crippen molar-refractivity contribution in [3.05, 3.63) is 35.9 Å². The molecule has 5 heteroatoms. The first-order valence-electron chi connectivity index (χ1n) is 5.77. The number of amides is 1. The van der Waals surface area contributed by atoms with Crippen LogP contribution in [-0.2, 0) is 20.9 Å². The lowest BCUT2D eigenvalue weighted by Crippen LogP contribution is -2.56. The predicted molar refractivity (Wildman–Crippen MR) is 63.8 cm³/mol. The van der Waals surface area contributed by atoms with E-state index in [0.717, 1.165) is 5.56 Å². The Kier molecular flexibility index (Phi) is 3.62. The number of benzene rings is 1. The number of morpholine rings is 1. The molecule has 1 heterocycles. The maximum atomic E-state index is 11.8. The molecule has 1 saturated heterocycles. The zero-order valence-corrected chi connectivity index (χ0v) is 10.1. The molecule has 18 heavy (non-hydrogen) atoms. The van der Waals surface area contributed by atoms with Crippen molar-refractivity contribution >= 4 is 11.9 Å². The first-order valence-corrected chi connectivity index (χ1v) is 5.77. The SMILES string of the molecule is C[C@@H]1OCC(=O)N(Cc2ccccc2)[C@@H]1C(=O)O. The molecule has 1 aliphatic heterocycles. The lowest BCUT2D eigenvalue weighted by atomic mass is 10.1. The number of hydrogen-bond acceptors (Lipinski definition) is 3. The molecule has 2 rings (SSSR count). The van der Waals surface area contributed by atoms with Crippen LogP contribution >= 0.6 is 0 Å². The number of carbonyl (C=O) groups excluding carboxylic acids is 1. The van der Waals surface area contributed by atoms with Crippen molar-refractivity contribution in [2.75, 3.05) is 6.61 Å². The van der Waals surface area contributed by atoms with Gasteiger partial charge in [0.15, 0.2) is 6.04 Å². The lowest BCUT2D eigenvalue weighted by Gasteiger charge is -2.37. The minimum absolute atomic E-state index is 0.0578. The second-order valence-electron chi connectivity index (χ2n) is 4.31. The van der Waals surface area contributed by atoms with Crippen LogP contribution in [0.2, 0.25) is 0 Å². The molecule has 1 amide bonds. The Labute approximate surface area is 105 Å². The second kappa shape index (κ2) is 5.18. The third-order valence-electron chi connectivity index (χ3n) is 3.02. The monoisotopic (exact) mass is 249 g/mol. The average molecular weight is 249 g/mol. The highest BCUT2D eigenvalue weighted by atomic mass is 16.5. The number of carboxylic acids is 1. The fraction of sp³-hybridized carbons (Fsp3) is 0.385. The Morgan fingerprint density at radius 1 is 1.44 bits per heavy atom. The van der Waals surface area contributed by atoms with E-state index in [0.29, 0.717) is 6.54 Å². The standard InChI is InChI=1S/C13H15NO4/c1-9-12(13(16)17)14(11(15)8-18-9)7-10-5-3-2-4-6-10/h2-6,9,12H,7-8H2,1H3,(H,16,17)/t9-,12-/m0/s1. The summed E-state index contributed by atoms with van der Waals surface area (Å²) in [5, 5.41) is 9.20. The normalized spacial score (nSPS) is 24.1. The summed E-state index contributed by atoms with van der Waals surface area (Å²) in [4.78, 5) is 24.4. The molecule has 1 fully saturated rings. The largest absolute Gasteiger partial charge is 0.480 e. The molecule has 0 radical (unpaired) electrons. The molecule has 1 aromatic rings. The van der Waals surface area contributed by atoms with Crippen molar-refractivity contribution in [3.8, 4) is 0 Å². The summed E-state index contributed by atoms with van der Waals surface area (Å²) in [6, 6.07) is 8.41.